The number of fused-ring (bicyclic) bond motifs is 1. The molecule has 0 heterocycles. The fourth-order valence-electron chi connectivity index (χ4n) is 2.82. The zero-order valence-electron chi connectivity index (χ0n) is 14.9. The third-order valence-electron chi connectivity index (χ3n) is 4.08. The Bertz CT molecular complexity index is 1160. The zero-order chi connectivity index (χ0) is 20.3. The molecule has 0 fully saturated rings. The lowest BCUT2D eigenvalue weighted by Crippen LogP contribution is -2.37. The van der Waals surface area contributed by atoms with Crippen LogP contribution in [0.25, 0.3) is 10.8 Å². The van der Waals surface area contributed by atoms with Gasteiger partial charge in [0.2, 0.25) is 15.9 Å². The summed E-state index contributed by atoms with van der Waals surface area (Å²) in [6, 6.07) is 18.0. The lowest BCUT2D eigenvalue weighted by atomic mass is 10.1. The number of anilines is 2. The second-order valence-corrected chi connectivity index (χ2v) is 8.03. The molecule has 3 rings (SSSR count). The number of benzene rings is 3. The van der Waals surface area contributed by atoms with Gasteiger partial charge in [-0.15, -0.1) is 0 Å². The number of non-ortho nitro benzene ring substituents is 1. The minimum Gasteiger partial charge on any atom is -0.324 e. The van der Waals surface area contributed by atoms with E-state index in [2.05, 4.69) is 5.32 Å². The van der Waals surface area contributed by atoms with Crippen LogP contribution < -0.4 is 9.62 Å². The summed E-state index contributed by atoms with van der Waals surface area (Å²) >= 11 is 0. The fourth-order valence-corrected chi connectivity index (χ4v) is 3.66. The molecular weight excluding hydrogens is 382 g/mol. The molecule has 9 heteroatoms. The van der Waals surface area contributed by atoms with Crippen LogP contribution in [0, 0.1) is 10.1 Å². The minimum absolute atomic E-state index is 0.0461. The van der Waals surface area contributed by atoms with Crippen molar-refractivity contribution in [2.24, 2.45) is 0 Å². The van der Waals surface area contributed by atoms with Crippen LogP contribution >= 0.6 is 0 Å². The van der Waals surface area contributed by atoms with Crippen molar-refractivity contribution in [3.8, 4) is 0 Å². The maximum atomic E-state index is 12.6. The smallest absolute Gasteiger partial charge is 0.271 e. The number of carbonyl (C=O) groups is 1. The summed E-state index contributed by atoms with van der Waals surface area (Å²) in [6.45, 7) is -0.511. The van der Waals surface area contributed by atoms with Gasteiger partial charge in [-0.2, -0.15) is 0 Å². The molecule has 3 aromatic carbocycles. The Balaban J connectivity index is 1.88. The first-order valence-corrected chi connectivity index (χ1v) is 10.1. The number of nitrogens with zero attached hydrogens (tertiary/aromatic N) is 2. The number of nitrogens with one attached hydrogen (secondary N) is 1. The number of carbonyl (C=O) groups excluding carboxylic acids is 1. The van der Waals surface area contributed by atoms with Crippen LogP contribution in [-0.4, -0.2) is 32.0 Å². The number of sulfonamides is 1. The highest BCUT2D eigenvalue weighted by Gasteiger charge is 2.23. The first kappa shape index (κ1) is 19.3. The Kier molecular flexibility index (Phi) is 5.27. The number of nitro benzene ring substituents is 1. The highest BCUT2D eigenvalue weighted by Crippen LogP contribution is 2.25. The van der Waals surface area contributed by atoms with Gasteiger partial charge in [0.25, 0.3) is 5.69 Å². The first-order valence-electron chi connectivity index (χ1n) is 8.25. The van der Waals surface area contributed by atoms with Crippen molar-refractivity contribution in [3.05, 3.63) is 76.8 Å². The van der Waals surface area contributed by atoms with E-state index in [0.717, 1.165) is 27.4 Å². The third-order valence-corrected chi connectivity index (χ3v) is 5.22. The molecule has 3 aromatic rings. The number of hydrogen-bond donors (Lipinski definition) is 1. The summed E-state index contributed by atoms with van der Waals surface area (Å²) in [5.74, 6) is -0.562. The Labute approximate surface area is 161 Å². The molecule has 0 saturated carbocycles. The molecule has 0 aromatic heterocycles. The Hall–Kier alpha value is -3.46. The van der Waals surface area contributed by atoms with Crippen molar-refractivity contribution in [1.29, 1.82) is 0 Å². The van der Waals surface area contributed by atoms with Crippen LogP contribution in [0.5, 0.6) is 0 Å². The summed E-state index contributed by atoms with van der Waals surface area (Å²) in [4.78, 5) is 22.9. The summed E-state index contributed by atoms with van der Waals surface area (Å²) in [5.41, 5.74) is 0.334. The first-order chi connectivity index (χ1) is 13.3. The monoisotopic (exact) mass is 399 g/mol. The molecule has 0 aliphatic carbocycles. The molecule has 0 unspecified atom stereocenters. The Morgan fingerprint density at radius 3 is 2.46 bits per heavy atom. The molecule has 0 radical (unpaired) electrons. The molecule has 0 saturated heterocycles. The van der Waals surface area contributed by atoms with E-state index < -0.39 is 27.4 Å². The van der Waals surface area contributed by atoms with Gasteiger partial charge in [-0.05, 0) is 17.5 Å². The van der Waals surface area contributed by atoms with Crippen LogP contribution in [-0.2, 0) is 14.8 Å². The van der Waals surface area contributed by atoms with Gasteiger partial charge in [0.05, 0.1) is 16.9 Å². The van der Waals surface area contributed by atoms with E-state index in [1.165, 1.54) is 18.2 Å². The number of rotatable bonds is 6. The van der Waals surface area contributed by atoms with Crippen LogP contribution in [0.4, 0.5) is 17.1 Å². The van der Waals surface area contributed by atoms with E-state index in [4.69, 9.17) is 0 Å². The highest BCUT2D eigenvalue weighted by molar-refractivity contribution is 7.92. The van der Waals surface area contributed by atoms with Gasteiger partial charge in [0, 0.05) is 23.2 Å². The summed E-state index contributed by atoms with van der Waals surface area (Å²) < 4.78 is 25.2. The topological polar surface area (TPSA) is 110 Å². The molecule has 1 N–H and O–H groups in total. The Morgan fingerprint density at radius 1 is 1.07 bits per heavy atom. The van der Waals surface area contributed by atoms with Crippen molar-refractivity contribution in [3.63, 3.8) is 0 Å². The van der Waals surface area contributed by atoms with Gasteiger partial charge in [0.1, 0.15) is 6.54 Å². The maximum Gasteiger partial charge on any atom is 0.271 e. The molecule has 0 aliphatic rings. The molecule has 8 nitrogen and oxygen atoms in total. The number of hydrogen-bond acceptors (Lipinski definition) is 5. The maximum absolute atomic E-state index is 12.6. The van der Waals surface area contributed by atoms with Gasteiger partial charge in [-0.3, -0.25) is 19.2 Å². The van der Waals surface area contributed by atoms with Crippen molar-refractivity contribution in [2.75, 3.05) is 22.4 Å². The van der Waals surface area contributed by atoms with Gasteiger partial charge in [-0.1, -0.05) is 42.5 Å². The molecular formula is C19H17N3O5S. The van der Waals surface area contributed by atoms with E-state index in [-0.39, 0.29) is 11.4 Å². The lowest BCUT2D eigenvalue weighted by Gasteiger charge is -2.22. The van der Waals surface area contributed by atoms with Gasteiger partial charge in [0.15, 0.2) is 0 Å². The van der Waals surface area contributed by atoms with Crippen LogP contribution in [0.1, 0.15) is 0 Å². The normalized spacial score (nSPS) is 11.2. The molecule has 0 bridgehead atoms. The van der Waals surface area contributed by atoms with Gasteiger partial charge in [-0.25, -0.2) is 8.42 Å². The average molecular weight is 399 g/mol. The third kappa shape index (κ3) is 4.26. The largest absolute Gasteiger partial charge is 0.324 e. The van der Waals surface area contributed by atoms with Crippen molar-refractivity contribution < 1.29 is 18.1 Å². The molecule has 144 valence electrons. The molecule has 0 atom stereocenters. The quantitative estimate of drug-likeness (QED) is 0.506. The second-order valence-electron chi connectivity index (χ2n) is 6.12. The fraction of sp³-hybridized carbons (Fsp3) is 0.105. The zero-order valence-corrected chi connectivity index (χ0v) is 15.7. The predicted octanol–water partition coefficient (Wildman–Crippen LogP) is 3.15. The average Bonchev–Trinajstić information content (AvgIpc) is 2.65. The molecule has 0 aliphatic heterocycles. The van der Waals surface area contributed by atoms with Crippen LogP contribution in [0.15, 0.2) is 66.7 Å². The summed E-state index contributed by atoms with van der Waals surface area (Å²) in [6.07, 6.45) is 0.941. The van der Waals surface area contributed by atoms with E-state index in [1.807, 2.05) is 30.3 Å². The lowest BCUT2D eigenvalue weighted by molar-refractivity contribution is -0.384. The summed E-state index contributed by atoms with van der Waals surface area (Å²) in [7, 11) is -3.84. The van der Waals surface area contributed by atoms with Crippen LogP contribution in [0.2, 0.25) is 0 Å². The second kappa shape index (κ2) is 7.65. The SMILES string of the molecule is CS(=O)(=O)N(CC(=O)Nc1cccc2ccccc12)c1cccc([N+](=O)[O-])c1. The van der Waals surface area contributed by atoms with Crippen molar-refractivity contribution >= 4 is 43.8 Å². The Morgan fingerprint density at radius 2 is 1.75 bits per heavy atom. The van der Waals surface area contributed by atoms with Gasteiger partial charge < -0.3 is 5.32 Å². The van der Waals surface area contributed by atoms with E-state index in [1.54, 1.807) is 12.1 Å². The highest BCUT2D eigenvalue weighted by atomic mass is 32.2. The standard InChI is InChI=1S/C19H17N3O5S/c1-28(26,27)21(15-8-5-9-16(12-15)22(24)25)13-19(23)20-18-11-4-7-14-6-2-3-10-17(14)18/h2-12H,13H2,1H3,(H,20,23). The number of nitro groups is 1. The van der Waals surface area contributed by atoms with E-state index in [0.29, 0.717) is 5.69 Å². The van der Waals surface area contributed by atoms with E-state index >= 15 is 0 Å². The molecule has 0 spiro atoms. The predicted molar refractivity (Wildman–Crippen MR) is 108 cm³/mol. The number of amides is 1. The van der Waals surface area contributed by atoms with Crippen LogP contribution in [0.3, 0.4) is 0 Å². The minimum atomic E-state index is -3.84. The van der Waals surface area contributed by atoms with Gasteiger partial charge >= 0.3 is 0 Å². The summed E-state index contributed by atoms with van der Waals surface area (Å²) in [5, 5.41) is 15.4. The van der Waals surface area contributed by atoms with Crippen molar-refractivity contribution in [2.45, 2.75) is 0 Å². The molecule has 28 heavy (non-hydrogen) atoms. The van der Waals surface area contributed by atoms with Crippen molar-refractivity contribution in [1.82, 2.24) is 0 Å². The van der Waals surface area contributed by atoms with E-state index in [9.17, 15) is 23.3 Å². The molecule has 1 amide bonds.